The van der Waals surface area contributed by atoms with Crippen LogP contribution in [0.4, 0.5) is 35.1 Å². The van der Waals surface area contributed by atoms with Crippen molar-refractivity contribution < 1.29 is 58.2 Å². The van der Waals surface area contributed by atoms with Crippen molar-refractivity contribution in [2.45, 2.75) is 79.5 Å². The van der Waals surface area contributed by atoms with E-state index in [0.717, 1.165) is 18.2 Å². The van der Waals surface area contributed by atoms with Crippen LogP contribution in [0.3, 0.4) is 0 Å². The summed E-state index contributed by atoms with van der Waals surface area (Å²) in [7, 11) is -4.61. The number of carbonyl (C=O) groups excluding carboxylic acids is 1. The quantitative estimate of drug-likeness (QED) is 0.272. The first-order chi connectivity index (χ1) is 20.7. The fourth-order valence-electron chi connectivity index (χ4n) is 7.23. The Bertz CT molecular complexity index is 1600. The van der Waals surface area contributed by atoms with Crippen molar-refractivity contribution in [3.05, 3.63) is 65.0 Å². The number of nitrogens with zero attached hydrogens (tertiary/aromatic N) is 1. The number of fused-ring (bicyclic) bond motifs is 3. The molecule has 4 aliphatic rings. The fourth-order valence-corrected chi connectivity index (χ4v) is 9.39. The second-order valence-corrected chi connectivity index (χ2v) is 14.7. The SMILES string of the molecule is Cc1cc(S(=O)(=O)[C@@]2(c3ccc(C(F)(C(F)(F)F)C(F)(F)F)cc3)CCN(C(=O)C34CCC(C(=O)O)(CC3)CC4)C2)ccc1F. The Labute approximate surface area is 253 Å². The Kier molecular flexibility index (Phi) is 7.65. The third kappa shape index (κ3) is 4.82. The van der Waals surface area contributed by atoms with Gasteiger partial charge in [0.25, 0.3) is 0 Å². The third-order valence-electron chi connectivity index (χ3n) is 10.2. The molecule has 6 nitrogen and oxygen atoms in total. The number of sulfone groups is 1. The molecule has 15 heteroatoms. The van der Waals surface area contributed by atoms with Gasteiger partial charge >= 0.3 is 24.0 Å². The average Bonchev–Trinajstić information content (AvgIpc) is 3.45. The van der Waals surface area contributed by atoms with E-state index < -0.39 is 73.2 Å². The largest absolute Gasteiger partial charge is 0.481 e. The van der Waals surface area contributed by atoms with Gasteiger partial charge in [0.2, 0.25) is 5.91 Å². The number of aliphatic carboxylic acids is 1. The van der Waals surface area contributed by atoms with Gasteiger partial charge in [-0.15, -0.1) is 0 Å². The molecule has 45 heavy (non-hydrogen) atoms. The minimum Gasteiger partial charge on any atom is -0.481 e. The van der Waals surface area contributed by atoms with Crippen molar-refractivity contribution in [3.63, 3.8) is 0 Å². The summed E-state index contributed by atoms with van der Waals surface area (Å²) in [6.07, 6.45) is -11.5. The zero-order valence-electron chi connectivity index (χ0n) is 23.9. The first kappa shape index (κ1) is 33.1. The van der Waals surface area contributed by atoms with Crippen LogP contribution in [-0.4, -0.2) is 55.7 Å². The Balaban J connectivity index is 1.57. The summed E-state index contributed by atoms with van der Waals surface area (Å²) in [4.78, 5) is 26.7. The van der Waals surface area contributed by atoms with Crippen molar-refractivity contribution >= 4 is 21.7 Å². The zero-order chi connectivity index (χ0) is 33.4. The maximum Gasteiger partial charge on any atom is 0.435 e. The molecule has 0 radical (unpaired) electrons. The molecule has 0 unspecified atom stereocenters. The molecule has 2 aromatic rings. The smallest absolute Gasteiger partial charge is 0.435 e. The molecule has 1 amide bonds. The fraction of sp³-hybridized carbons (Fsp3) is 0.533. The summed E-state index contributed by atoms with van der Waals surface area (Å²) in [6.45, 7) is 0.622. The van der Waals surface area contributed by atoms with Crippen LogP contribution >= 0.6 is 0 Å². The molecule has 1 atom stereocenters. The van der Waals surface area contributed by atoms with Gasteiger partial charge in [-0.2, -0.15) is 26.3 Å². The van der Waals surface area contributed by atoms with Crippen molar-refractivity contribution in [1.29, 1.82) is 0 Å². The Morgan fingerprint density at radius 1 is 0.800 bits per heavy atom. The van der Waals surface area contributed by atoms with Gasteiger partial charge in [-0.1, -0.05) is 24.3 Å². The number of carboxylic acids is 1. The molecule has 1 N–H and O–H groups in total. The highest BCUT2D eigenvalue weighted by Gasteiger charge is 2.73. The van der Waals surface area contributed by atoms with Crippen molar-refractivity contribution in [2.24, 2.45) is 10.8 Å². The van der Waals surface area contributed by atoms with Gasteiger partial charge in [0.15, 0.2) is 9.84 Å². The molecule has 1 heterocycles. The molecule has 1 saturated heterocycles. The molecule has 2 aromatic carbocycles. The number of hydrogen-bond acceptors (Lipinski definition) is 4. The third-order valence-corrected chi connectivity index (χ3v) is 12.7. The maximum atomic E-state index is 14.8. The van der Waals surface area contributed by atoms with E-state index in [1.165, 1.54) is 11.8 Å². The van der Waals surface area contributed by atoms with Crippen molar-refractivity contribution in [2.75, 3.05) is 13.1 Å². The number of amides is 1. The van der Waals surface area contributed by atoms with E-state index in [2.05, 4.69) is 0 Å². The van der Waals surface area contributed by atoms with Crippen LogP contribution in [0, 0.1) is 23.6 Å². The molecule has 4 fully saturated rings. The van der Waals surface area contributed by atoms with E-state index in [1.54, 1.807) is 0 Å². The normalized spacial score (nSPS) is 27.5. The molecule has 3 aliphatic carbocycles. The van der Waals surface area contributed by atoms with Crippen LogP contribution in [0.15, 0.2) is 47.4 Å². The topological polar surface area (TPSA) is 91.8 Å². The monoisotopic (exact) mass is 667 g/mol. The van der Waals surface area contributed by atoms with Crippen LogP contribution < -0.4 is 0 Å². The maximum absolute atomic E-state index is 14.8. The Hall–Kier alpha value is -3.23. The van der Waals surface area contributed by atoms with Crippen molar-refractivity contribution in [1.82, 2.24) is 4.90 Å². The average molecular weight is 668 g/mol. The predicted octanol–water partition coefficient (Wildman–Crippen LogP) is 6.75. The summed E-state index contributed by atoms with van der Waals surface area (Å²) in [6, 6.07) is 4.76. The minimum absolute atomic E-state index is 0.0460. The van der Waals surface area contributed by atoms with E-state index in [0.29, 0.717) is 12.1 Å². The minimum atomic E-state index is -6.38. The molecular formula is C30H29F8NO5S. The van der Waals surface area contributed by atoms with E-state index in [9.17, 15) is 58.2 Å². The van der Waals surface area contributed by atoms with Crippen molar-refractivity contribution in [3.8, 4) is 0 Å². The number of hydrogen-bond donors (Lipinski definition) is 1. The summed E-state index contributed by atoms with van der Waals surface area (Å²) in [5.74, 6) is -2.08. The van der Waals surface area contributed by atoms with Gasteiger partial charge in [-0.3, -0.25) is 9.59 Å². The van der Waals surface area contributed by atoms with E-state index >= 15 is 0 Å². The van der Waals surface area contributed by atoms with E-state index in [1.807, 2.05) is 0 Å². The second-order valence-electron chi connectivity index (χ2n) is 12.5. The highest BCUT2D eigenvalue weighted by Crippen LogP contribution is 2.59. The number of likely N-dealkylation sites (tertiary alicyclic amines) is 1. The number of alkyl halides is 7. The Morgan fingerprint density at radius 2 is 1.31 bits per heavy atom. The lowest BCUT2D eigenvalue weighted by atomic mass is 9.53. The van der Waals surface area contributed by atoms with E-state index in [4.69, 9.17) is 0 Å². The first-order valence-electron chi connectivity index (χ1n) is 14.1. The first-order valence-corrected chi connectivity index (χ1v) is 15.6. The van der Waals surface area contributed by atoms with E-state index in [-0.39, 0.29) is 79.6 Å². The number of benzene rings is 2. The molecular weight excluding hydrogens is 638 g/mol. The summed E-state index contributed by atoms with van der Waals surface area (Å²) >= 11 is 0. The standard InChI is InChI=1S/C30H29F8NO5S/c1-18-16-21(6-7-22(18)31)45(43,44)27(19-2-4-20(5-3-19)28(32,29(33,34)35)30(36,37)38)14-15-39(17-27)23(40)25-8-11-26(12-9-25,13-10-25)24(41)42/h2-7,16H,8-15,17H2,1H3,(H,41,42)/t25?,26?,27-/m0/s1. The van der Waals surface area contributed by atoms with Gasteiger partial charge < -0.3 is 10.0 Å². The van der Waals surface area contributed by atoms with Gasteiger partial charge in [-0.25, -0.2) is 17.2 Å². The van der Waals surface area contributed by atoms with Gasteiger partial charge in [0.05, 0.1) is 10.3 Å². The molecule has 246 valence electrons. The number of halogens is 8. The molecule has 1 aliphatic heterocycles. The Morgan fingerprint density at radius 3 is 1.78 bits per heavy atom. The van der Waals surface area contributed by atoms with Gasteiger partial charge in [0.1, 0.15) is 10.6 Å². The van der Waals surface area contributed by atoms with Crippen LogP contribution in [0.25, 0.3) is 0 Å². The number of carboxylic acid groups (broad SMARTS) is 1. The predicted molar refractivity (Wildman–Crippen MR) is 143 cm³/mol. The summed E-state index contributed by atoms with van der Waals surface area (Å²) < 4.78 is 136. The molecule has 3 saturated carbocycles. The van der Waals surface area contributed by atoms with Crippen LogP contribution in [-0.2, 0) is 29.8 Å². The lowest BCUT2D eigenvalue weighted by Crippen LogP contribution is -2.53. The van der Waals surface area contributed by atoms with Crippen LogP contribution in [0.1, 0.15) is 61.6 Å². The summed E-state index contributed by atoms with van der Waals surface area (Å²) in [5.41, 5.74) is -9.72. The zero-order valence-corrected chi connectivity index (χ0v) is 24.7. The second kappa shape index (κ2) is 10.4. The number of aryl methyl sites for hydroxylation is 1. The van der Waals surface area contributed by atoms with Crippen LogP contribution in [0.5, 0.6) is 0 Å². The molecule has 0 aromatic heterocycles. The lowest BCUT2D eigenvalue weighted by molar-refractivity contribution is -0.348. The van der Waals surface area contributed by atoms with Crippen LogP contribution in [0.2, 0.25) is 0 Å². The van der Waals surface area contributed by atoms with Gasteiger partial charge in [-0.05, 0) is 81.2 Å². The highest BCUT2D eigenvalue weighted by atomic mass is 32.2. The molecule has 6 rings (SSSR count). The highest BCUT2D eigenvalue weighted by molar-refractivity contribution is 7.92. The number of rotatable bonds is 6. The lowest BCUT2D eigenvalue weighted by Gasteiger charge is -2.51. The molecule has 0 spiro atoms. The summed E-state index contributed by atoms with van der Waals surface area (Å²) in [5, 5.41) is 9.70. The van der Waals surface area contributed by atoms with Gasteiger partial charge in [0, 0.05) is 24.1 Å². The number of carbonyl (C=O) groups is 2. The molecule has 2 bridgehead atoms.